The molecule has 0 heterocycles. The topological polar surface area (TPSA) is 93.6 Å². The molecular formula is C40H77Cl3N4O2. The minimum atomic E-state index is -0.138. The van der Waals surface area contributed by atoms with Gasteiger partial charge in [0, 0.05) is 31.6 Å². The van der Waals surface area contributed by atoms with Gasteiger partial charge in [-0.1, -0.05) is 65.5 Å². The van der Waals surface area contributed by atoms with Crippen LogP contribution in [0.3, 0.4) is 0 Å². The summed E-state index contributed by atoms with van der Waals surface area (Å²) in [5, 5.41) is 3.48. The molecule has 5 N–H and O–H groups in total. The molecule has 4 aliphatic carbocycles. The van der Waals surface area contributed by atoms with Crippen molar-refractivity contribution < 1.29 is 9.53 Å². The molecule has 9 heteroatoms. The second kappa shape index (κ2) is 21.5. The molecule has 6 nitrogen and oxygen atoms in total. The Hall–Kier alpha value is -0.240. The van der Waals surface area contributed by atoms with Gasteiger partial charge in [-0.15, -0.1) is 37.2 Å². The smallest absolute Gasteiger partial charge is 0.410 e. The van der Waals surface area contributed by atoms with Gasteiger partial charge in [-0.05, 0) is 144 Å². The van der Waals surface area contributed by atoms with Crippen LogP contribution in [-0.4, -0.2) is 55.4 Å². The van der Waals surface area contributed by atoms with Crippen molar-refractivity contribution in [3.05, 3.63) is 11.6 Å². The molecule has 0 spiro atoms. The monoisotopic (exact) mass is 751 g/mol. The van der Waals surface area contributed by atoms with E-state index in [0.717, 1.165) is 100 Å². The van der Waals surface area contributed by atoms with Crippen LogP contribution < -0.4 is 16.8 Å². The molecule has 49 heavy (non-hydrogen) atoms. The largest absolute Gasteiger partial charge is 0.446 e. The predicted molar refractivity (Wildman–Crippen MR) is 215 cm³/mol. The van der Waals surface area contributed by atoms with Gasteiger partial charge in [0.2, 0.25) is 0 Å². The third kappa shape index (κ3) is 12.1. The third-order valence-corrected chi connectivity index (χ3v) is 13.4. The highest BCUT2D eigenvalue weighted by Gasteiger charge is 2.59. The van der Waals surface area contributed by atoms with Crippen LogP contribution >= 0.6 is 37.2 Å². The summed E-state index contributed by atoms with van der Waals surface area (Å²) in [4.78, 5) is 15.4. The number of hydrogen-bond donors (Lipinski definition) is 3. The van der Waals surface area contributed by atoms with Crippen LogP contribution in [0, 0.1) is 46.3 Å². The van der Waals surface area contributed by atoms with Crippen molar-refractivity contribution >= 4 is 43.3 Å². The number of hydrogen-bond acceptors (Lipinski definition) is 5. The van der Waals surface area contributed by atoms with Gasteiger partial charge < -0.3 is 26.4 Å². The highest BCUT2D eigenvalue weighted by atomic mass is 35.5. The summed E-state index contributed by atoms with van der Waals surface area (Å²) in [6.07, 6.45) is 20.5. The Balaban J connectivity index is 0.00000400. The lowest BCUT2D eigenvalue weighted by Gasteiger charge is -2.58. The molecule has 4 rings (SSSR count). The maximum atomic E-state index is 13.5. The van der Waals surface area contributed by atoms with Crippen LogP contribution in [0.2, 0.25) is 0 Å². The molecule has 0 aliphatic heterocycles. The van der Waals surface area contributed by atoms with Crippen molar-refractivity contribution in [1.82, 2.24) is 10.2 Å². The molecule has 2 unspecified atom stereocenters. The zero-order chi connectivity index (χ0) is 33.5. The number of carbonyl (C=O) groups excluding carboxylic acids is 1. The molecule has 290 valence electrons. The Kier molecular flexibility index (Phi) is 20.5. The second-order valence-corrected chi connectivity index (χ2v) is 17.5. The van der Waals surface area contributed by atoms with Crippen molar-refractivity contribution in [1.29, 1.82) is 0 Å². The lowest BCUT2D eigenvalue weighted by Crippen LogP contribution is -2.51. The summed E-state index contributed by atoms with van der Waals surface area (Å²) < 4.78 is 6.29. The quantitative estimate of drug-likeness (QED) is 0.102. The van der Waals surface area contributed by atoms with Gasteiger partial charge in [-0.25, -0.2) is 4.79 Å². The van der Waals surface area contributed by atoms with E-state index in [1.807, 2.05) is 18.7 Å². The van der Waals surface area contributed by atoms with Gasteiger partial charge in [-0.2, -0.15) is 0 Å². The first-order valence-electron chi connectivity index (χ1n) is 19.7. The van der Waals surface area contributed by atoms with E-state index >= 15 is 0 Å². The zero-order valence-electron chi connectivity index (χ0n) is 32.4. The SMILES string of the molecule is CC(C)CCC[C@@H](C)[C@H]1CC[C@H]2[C@@H]3CC=C4C[C@@H](OC(=O)N(CCCCNCCC(C)N)CCC(C)N)CC[C@]4(C)[C@H]3CC[C@]12C.Cl.Cl.Cl. The average molecular weight is 752 g/mol. The second-order valence-electron chi connectivity index (χ2n) is 17.5. The summed E-state index contributed by atoms with van der Waals surface area (Å²) >= 11 is 0. The Morgan fingerprint density at radius 3 is 2.24 bits per heavy atom. The van der Waals surface area contributed by atoms with Crippen LogP contribution in [0.5, 0.6) is 0 Å². The van der Waals surface area contributed by atoms with E-state index in [4.69, 9.17) is 16.2 Å². The first-order valence-corrected chi connectivity index (χ1v) is 19.7. The molecule has 0 aromatic rings. The van der Waals surface area contributed by atoms with Crippen LogP contribution in [0.1, 0.15) is 145 Å². The molecule has 0 saturated heterocycles. The van der Waals surface area contributed by atoms with Gasteiger partial charge in [0.25, 0.3) is 0 Å². The van der Waals surface area contributed by atoms with Crippen molar-refractivity contribution in [2.24, 2.45) is 57.8 Å². The van der Waals surface area contributed by atoms with Crippen molar-refractivity contribution in [2.75, 3.05) is 26.2 Å². The number of nitrogens with two attached hydrogens (primary N) is 2. The van der Waals surface area contributed by atoms with E-state index in [0.29, 0.717) is 12.0 Å². The lowest BCUT2D eigenvalue weighted by atomic mass is 9.47. The number of amides is 1. The number of halogens is 3. The van der Waals surface area contributed by atoms with Crippen molar-refractivity contribution in [3.63, 3.8) is 0 Å². The Morgan fingerprint density at radius 2 is 1.57 bits per heavy atom. The van der Waals surface area contributed by atoms with Gasteiger partial charge in [0.15, 0.2) is 0 Å². The van der Waals surface area contributed by atoms with E-state index in [9.17, 15) is 4.79 Å². The Morgan fingerprint density at radius 1 is 0.857 bits per heavy atom. The van der Waals surface area contributed by atoms with Gasteiger partial charge >= 0.3 is 6.09 Å². The van der Waals surface area contributed by atoms with Crippen LogP contribution in [0.25, 0.3) is 0 Å². The van der Waals surface area contributed by atoms with Gasteiger partial charge in [-0.3, -0.25) is 0 Å². The number of ether oxygens (including phenoxy) is 1. The first kappa shape index (κ1) is 46.8. The highest BCUT2D eigenvalue weighted by molar-refractivity contribution is 5.86. The molecule has 0 aromatic heterocycles. The van der Waals surface area contributed by atoms with E-state index in [1.54, 1.807) is 5.57 Å². The fraction of sp³-hybridized carbons (Fsp3) is 0.925. The summed E-state index contributed by atoms with van der Waals surface area (Å²) in [5.41, 5.74) is 14.3. The van der Waals surface area contributed by atoms with E-state index in [1.165, 1.54) is 51.4 Å². The molecule has 0 radical (unpaired) electrons. The third-order valence-electron chi connectivity index (χ3n) is 13.4. The number of nitrogens with one attached hydrogen (secondary N) is 1. The molecule has 3 fully saturated rings. The fourth-order valence-electron chi connectivity index (χ4n) is 10.6. The molecule has 4 aliphatic rings. The standard InChI is InChI=1S/C40H74N4O2.3ClH/c1-28(2)11-10-12-29(3)35-15-16-36-34-14-13-32-27-33(17-21-39(32,6)37(34)18-22-40(35,36)7)46-38(45)44(26-20-31(5)42)25-9-8-23-43-24-19-30(4)41;;;/h13,28-31,33-37,43H,8-12,14-27,41-42H2,1-7H3;3*1H/t29-,30?,31?,33+,34+,35-,36+,37+,39+,40-;;;/m1.../s1. The van der Waals surface area contributed by atoms with Crippen LogP contribution in [0.15, 0.2) is 11.6 Å². The molecule has 10 atom stereocenters. The predicted octanol–water partition coefficient (Wildman–Crippen LogP) is 9.94. The normalized spacial score (nSPS) is 32.1. The summed E-state index contributed by atoms with van der Waals surface area (Å²) in [7, 11) is 0. The maximum Gasteiger partial charge on any atom is 0.410 e. The average Bonchev–Trinajstić information content (AvgIpc) is 3.35. The van der Waals surface area contributed by atoms with Crippen molar-refractivity contribution in [2.45, 2.75) is 163 Å². The molecule has 3 saturated carbocycles. The van der Waals surface area contributed by atoms with E-state index in [-0.39, 0.29) is 66.9 Å². The van der Waals surface area contributed by atoms with E-state index < -0.39 is 0 Å². The van der Waals surface area contributed by atoms with Crippen LogP contribution in [-0.2, 0) is 4.74 Å². The Labute approximate surface area is 320 Å². The molecule has 0 bridgehead atoms. The number of rotatable bonds is 17. The van der Waals surface area contributed by atoms with Gasteiger partial charge in [0.1, 0.15) is 6.10 Å². The minimum absolute atomic E-state index is 0. The summed E-state index contributed by atoms with van der Waals surface area (Å²) in [6, 6.07) is 0.308. The highest BCUT2D eigenvalue weighted by Crippen LogP contribution is 2.67. The molecular weight excluding hydrogens is 675 g/mol. The zero-order valence-corrected chi connectivity index (χ0v) is 34.8. The number of unbranched alkanes of at least 4 members (excludes halogenated alkanes) is 1. The summed E-state index contributed by atoms with van der Waals surface area (Å²) in [6.45, 7) is 20.0. The minimum Gasteiger partial charge on any atom is -0.446 e. The lowest BCUT2D eigenvalue weighted by molar-refractivity contribution is -0.0593. The molecule has 1 amide bonds. The maximum absolute atomic E-state index is 13.5. The fourth-order valence-corrected chi connectivity index (χ4v) is 10.6. The number of nitrogens with zero attached hydrogens (tertiary/aromatic N) is 1. The number of fused-ring (bicyclic) bond motifs is 5. The van der Waals surface area contributed by atoms with Crippen molar-refractivity contribution in [3.8, 4) is 0 Å². The van der Waals surface area contributed by atoms with E-state index in [2.05, 4.69) is 46.0 Å². The summed E-state index contributed by atoms with van der Waals surface area (Å²) in [5.74, 6) is 5.09. The first-order chi connectivity index (χ1) is 21.8. The number of allylic oxidation sites excluding steroid dienone is 1. The number of carbonyl (C=O) groups is 1. The van der Waals surface area contributed by atoms with Crippen LogP contribution in [0.4, 0.5) is 4.79 Å². The Bertz CT molecular complexity index is 997. The van der Waals surface area contributed by atoms with Gasteiger partial charge in [0.05, 0.1) is 0 Å². The molecule has 0 aromatic carbocycles.